The number of benzene rings is 2. The van der Waals surface area contributed by atoms with Gasteiger partial charge >= 0.3 is 0 Å². The molecule has 2 atom stereocenters. The van der Waals surface area contributed by atoms with Crippen LogP contribution in [0.2, 0.25) is 0 Å². The van der Waals surface area contributed by atoms with Crippen molar-refractivity contribution in [2.75, 3.05) is 64.8 Å². The highest BCUT2D eigenvalue weighted by molar-refractivity contribution is 5.73. The van der Waals surface area contributed by atoms with E-state index in [1.807, 2.05) is 45.2 Å². The van der Waals surface area contributed by atoms with Gasteiger partial charge in [0.25, 0.3) is 5.69 Å². The maximum absolute atomic E-state index is 11.8. The van der Waals surface area contributed by atoms with Gasteiger partial charge in [-0.2, -0.15) is 0 Å². The second kappa shape index (κ2) is 13.8. The maximum Gasteiger partial charge on any atom is 0.270 e. The zero-order valence-electron chi connectivity index (χ0n) is 24.7. The highest BCUT2D eigenvalue weighted by atomic mass is 16.6. The van der Waals surface area contributed by atoms with Gasteiger partial charge in [0.05, 0.1) is 56.6 Å². The fourth-order valence-electron chi connectivity index (χ4n) is 5.49. The zero-order chi connectivity index (χ0) is 29.5. The van der Waals surface area contributed by atoms with Crippen molar-refractivity contribution in [2.24, 2.45) is 0 Å². The van der Waals surface area contributed by atoms with Crippen molar-refractivity contribution in [3.63, 3.8) is 0 Å². The van der Waals surface area contributed by atoms with Gasteiger partial charge in [-0.15, -0.1) is 0 Å². The lowest BCUT2D eigenvalue weighted by Crippen LogP contribution is -2.58. The molecular formula is C31H42N2O8. The van der Waals surface area contributed by atoms with Crippen LogP contribution < -0.4 is 9.64 Å². The number of hydrogen-bond donors (Lipinski definition) is 0. The first-order valence-electron chi connectivity index (χ1n) is 14.2. The standard InChI is InChI=1S/C31H42N2O8/c1-6-36-14-15-38-21-26(40-17-16-37-7-2)22-39-20-24-19-25(33(34)35)18-23-12-13-31(41-29(23)24)30(3,4)27-10-8-9-11-28(27)32(31)5/h8-13,18-19,26H,6-7,14-17,20-22H2,1-5H3. The molecule has 2 aliphatic heterocycles. The van der Waals surface area contributed by atoms with E-state index in [0.717, 1.165) is 5.69 Å². The summed E-state index contributed by atoms with van der Waals surface area (Å²) in [4.78, 5) is 13.5. The Morgan fingerprint density at radius 2 is 1.66 bits per heavy atom. The van der Waals surface area contributed by atoms with Crippen LogP contribution in [0.1, 0.15) is 44.4 Å². The van der Waals surface area contributed by atoms with Gasteiger partial charge in [0.2, 0.25) is 5.72 Å². The van der Waals surface area contributed by atoms with Crippen LogP contribution in [0.4, 0.5) is 11.4 Å². The van der Waals surface area contributed by atoms with Crippen molar-refractivity contribution in [1.29, 1.82) is 0 Å². The van der Waals surface area contributed by atoms with Gasteiger partial charge in [-0.3, -0.25) is 10.1 Å². The molecule has 2 aromatic carbocycles. The molecule has 2 aromatic rings. The summed E-state index contributed by atoms with van der Waals surface area (Å²) < 4.78 is 35.4. The number of nitro groups is 1. The van der Waals surface area contributed by atoms with Crippen LogP contribution in [0.3, 0.4) is 0 Å². The van der Waals surface area contributed by atoms with E-state index < -0.39 is 16.1 Å². The van der Waals surface area contributed by atoms with Crippen molar-refractivity contribution in [2.45, 2.75) is 51.5 Å². The molecule has 2 heterocycles. The molecule has 224 valence electrons. The molecule has 4 rings (SSSR count). The highest BCUT2D eigenvalue weighted by Crippen LogP contribution is 2.54. The number of anilines is 1. The lowest BCUT2D eigenvalue weighted by Gasteiger charge is -2.46. The Morgan fingerprint density at radius 1 is 0.976 bits per heavy atom. The number of ether oxygens (including phenoxy) is 6. The van der Waals surface area contributed by atoms with E-state index in [0.29, 0.717) is 63.1 Å². The van der Waals surface area contributed by atoms with E-state index in [4.69, 9.17) is 28.4 Å². The first-order chi connectivity index (χ1) is 19.7. The number of nitro benzene ring substituents is 1. The average Bonchev–Trinajstić information content (AvgIpc) is 3.12. The maximum atomic E-state index is 11.8. The smallest absolute Gasteiger partial charge is 0.270 e. The third-order valence-corrected chi connectivity index (χ3v) is 7.70. The summed E-state index contributed by atoms with van der Waals surface area (Å²) in [5.41, 5.74) is 2.28. The van der Waals surface area contributed by atoms with E-state index in [2.05, 4.69) is 30.9 Å². The minimum Gasteiger partial charge on any atom is -0.462 e. The van der Waals surface area contributed by atoms with Crippen molar-refractivity contribution < 1.29 is 33.3 Å². The number of hydrogen-bond acceptors (Lipinski definition) is 9. The largest absolute Gasteiger partial charge is 0.462 e. The summed E-state index contributed by atoms with van der Waals surface area (Å²) >= 11 is 0. The summed E-state index contributed by atoms with van der Waals surface area (Å²) in [6.45, 7) is 11.9. The second-order valence-corrected chi connectivity index (χ2v) is 10.6. The molecule has 0 saturated carbocycles. The van der Waals surface area contributed by atoms with Crippen LogP contribution in [0.15, 0.2) is 42.5 Å². The summed E-state index contributed by atoms with van der Waals surface area (Å²) in [7, 11) is 2.01. The number of rotatable bonds is 16. The van der Waals surface area contributed by atoms with E-state index >= 15 is 0 Å². The lowest BCUT2D eigenvalue weighted by molar-refractivity contribution is -0.385. The van der Waals surface area contributed by atoms with Crippen molar-refractivity contribution in [3.05, 3.63) is 69.3 Å². The molecule has 0 radical (unpaired) electrons. The normalized spacial score (nSPS) is 19.2. The highest BCUT2D eigenvalue weighted by Gasteiger charge is 2.57. The molecule has 0 aliphatic carbocycles. The van der Waals surface area contributed by atoms with E-state index in [-0.39, 0.29) is 25.0 Å². The molecule has 0 saturated heterocycles. The number of fused-ring (bicyclic) bond motifs is 2. The molecule has 1 spiro atoms. The van der Waals surface area contributed by atoms with E-state index in [1.165, 1.54) is 11.6 Å². The summed E-state index contributed by atoms with van der Waals surface area (Å²) in [6, 6.07) is 11.3. The van der Waals surface area contributed by atoms with Crippen LogP contribution >= 0.6 is 0 Å². The number of para-hydroxylation sites is 1. The van der Waals surface area contributed by atoms with Gasteiger partial charge in [-0.25, -0.2) is 0 Å². The van der Waals surface area contributed by atoms with Gasteiger partial charge < -0.3 is 33.3 Å². The molecule has 0 N–H and O–H groups in total. The molecular weight excluding hydrogens is 528 g/mol. The molecule has 2 aliphatic rings. The molecule has 0 fully saturated rings. The van der Waals surface area contributed by atoms with E-state index in [9.17, 15) is 10.1 Å². The number of likely N-dealkylation sites (N-methyl/N-ethyl adjacent to an activating group) is 1. The van der Waals surface area contributed by atoms with Crippen LogP contribution in [0.25, 0.3) is 6.08 Å². The van der Waals surface area contributed by atoms with Crippen LogP contribution in [0, 0.1) is 10.1 Å². The van der Waals surface area contributed by atoms with Crippen molar-refractivity contribution in [1.82, 2.24) is 0 Å². The van der Waals surface area contributed by atoms with Crippen molar-refractivity contribution in [3.8, 4) is 5.75 Å². The Bertz CT molecular complexity index is 1220. The van der Waals surface area contributed by atoms with Gasteiger partial charge in [0, 0.05) is 49.2 Å². The first kappa shape index (κ1) is 30.9. The number of nitrogens with zero attached hydrogens (tertiary/aromatic N) is 2. The van der Waals surface area contributed by atoms with Crippen LogP contribution in [-0.4, -0.2) is 76.7 Å². The summed E-state index contributed by atoms with van der Waals surface area (Å²) in [6.07, 6.45) is 3.59. The predicted molar refractivity (Wildman–Crippen MR) is 157 cm³/mol. The van der Waals surface area contributed by atoms with Crippen LogP contribution in [-0.2, 0) is 35.7 Å². The fraction of sp³-hybridized carbons (Fsp3) is 0.548. The lowest BCUT2D eigenvalue weighted by atomic mass is 9.76. The SMILES string of the molecule is CCOCCOCC(COCc1cc([N+](=O)[O-])cc2c1OC1(C=C2)N(C)c2ccccc2C1(C)C)OCCOCC. The summed E-state index contributed by atoms with van der Waals surface area (Å²) in [5, 5.41) is 11.8. The average molecular weight is 571 g/mol. The van der Waals surface area contributed by atoms with Gasteiger partial charge in [0.1, 0.15) is 11.9 Å². The van der Waals surface area contributed by atoms with Crippen molar-refractivity contribution >= 4 is 17.5 Å². The number of non-ortho nitro benzene ring substituents is 1. The van der Waals surface area contributed by atoms with Gasteiger partial charge in [-0.05, 0) is 51.5 Å². The van der Waals surface area contributed by atoms with Gasteiger partial charge in [-0.1, -0.05) is 18.2 Å². The van der Waals surface area contributed by atoms with E-state index in [1.54, 1.807) is 6.07 Å². The first-order valence-corrected chi connectivity index (χ1v) is 14.2. The molecule has 10 heteroatoms. The minimum atomic E-state index is -0.812. The monoisotopic (exact) mass is 570 g/mol. The van der Waals surface area contributed by atoms with Crippen LogP contribution in [0.5, 0.6) is 5.75 Å². The molecule has 41 heavy (non-hydrogen) atoms. The predicted octanol–water partition coefficient (Wildman–Crippen LogP) is 5.12. The quantitative estimate of drug-likeness (QED) is 0.155. The minimum absolute atomic E-state index is 0.0161. The topological polar surface area (TPSA) is 102 Å². The second-order valence-electron chi connectivity index (χ2n) is 10.6. The molecule has 10 nitrogen and oxygen atoms in total. The Labute approximate surface area is 242 Å². The fourth-order valence-corrected chi connectivity index (χ4v) is 5.49. The molecule has 0 aromatic heterocycles. The van der Waals surface area contributed by atoms with Gasteiger partial charge in [0.15, 0.2) is 0 Å². The Hall–Kier alpha value is -3.02. The zero-order valence-corrected chi connectivity index (χ0v) is 24.7. The third-order valence-electron chi connectivity index (χ3n) is 7.70. The summed E-state index contributed by atoms with van der Waals surface area (Å²) in [5.74, 6) is 0.576. The third kappa shape index (κ3) is 6.57. The molecule has 0 amide bonds. The Balaban J connectivity index is 1.52. The molecule has 2 unspecified atom stereocenters. The molecule has 0 bridgehead atoms. The Kier molecular flexibility index (Phi) is 10.4. The Morgan fingerprint density at radius 3 is 2.37 bits per heavy atom.